The average molecular weight is 648 g/mol. The van der Waals surface area contributed by atoms with E-state index in [-0.39, 0.29) is 42.9 Å². The van der Waals surface area contributed by atoms with Crippen LogP contribution in [0, 0.1) is 0 Å². The molecule has 5 aromatic rings. The largest absolute Gasteiger partial charge is 0.489 e. The van der Waals surface area contributed by atoms with Gasteiger partial charge < -0.3 is 19.3 Å². The van der Waals surface area contributed by atoms with Gasteiger partial charge in [-0.05, 0) is 96.3 Å². The van der Waals surface area contributed by atoms with Gasteiger partial charge in [0.15, 0.2) is 0 Å². The van der Waals surface area contributed by atoms with Gasteiger partial charge in [-0.1, -0.05) is 25.3 Å². The highest BCUT2D eigenvalue weighted by Gasteiger charge is 2.23. The first-order chi connectivity index (χ1) is 20.9. The number of imidazole rings is 1. The first kappa shape index (κ1) is 33.5. The van der Waals surface area contributed by atoms with Crippen LogP contribution >= 0.6 is 24.8 Å². The second-order valence-corrected chi connectivity index (χ2v) is 11.2. The summed E-state index contributed by atoms with van der Waals surface area (Å²) in [7, 11) is 3.48. The van der Waals surface area contributed by atoms with Gasteiger partial charge in [0.25, 0.3) is 5.91 Å². The number of fused-ring (bicyclic) bond motifs is 1. The van der Waals surface area contributed by atoms with Gasteiger partial charge in [0.1, 0.15) is 18.2 Å². The highest BCUT2D eigenvalue weighted by molar-refractivity contribution is 5.95. The maximum atomic E-state index is 12.7. The molecule has 0 atom stereocenters. The number of aromatic carboxylic acids is 1. The van der Waals surface area contributed by atoms with Crippen LogP contribution in [0.4, 0.5) is 0 Å². The number of benzene rings is 3. The summed E-state index contributed by atoms with van der Waals surface area (Å²) in [4.78, 5) is 34.9. The van der Waals surface area contributed by atoms with E-state index in [1.807, 2.05) is 60.7 Å². The number of amides is 1. The number of hydrogen-bond acceptors (Lipinski definition) is 5. The Morgan fingerprint density at radius 1 is 0.867 bits per heavy atom. The lowest BCUT2D eigenvalue weighted by Gasteiger charge is -2.25. The van der Waals surface area contributed by atoms with Crippen molar-refractivity contribution in [1.29, 1.82) is 0 Å². The molecule has 1 aliphatic carbocycles. The van der Waals surface area contributed by atoms with Crippen LogP contribution in [0.1, 0.15) is 64.4 Å². The third-order valence-electron chi connectivity index (χ3n) is 8.13. The third-order valence-corrected chi connectivity index (χ3v) is 8.13. The maximum Gasteiger partial charge on any atom is 0.335 e. The van der Waals surface area contributed by atoms with E-state index < -0.39 is 5.97 Å². The lowest BCUT2D eigenvalue weighted by Crippen LogP contribution is -2.21. The molecule has 2 heterocycles. The molecule has 1 amide bonds. The van der Waals surface area contributed by atoms with Crippen molar-refractivity contribution in [1.82, 2.24) is 19.4 Å². The van der Waals surface area contributed by atoms with Crippen LogP contribution in [0.2, 0.25) is 0 Å². The van der Waals surface area contributed by atoms with Gasteiger partial charge in [0.05, 0.1) is 16.6 Å². The summed E-state index contributed by atoms with van der Waals surface area (Å²) in [6, 6.07) is 23.0. The van der Waals surface area contributed by atoms with Gasteiger partial charge in [-0.2, -0.15) is 0 Å². The van der Waals surface area contributed by atoms with Gasteiger partial charge in [0.2, 0.25) is 0 Å². The van der Waals surface area contributed by atoms with Crippen molar-refractivity contribution in [2.75, 3.05) is 14.1 Å². The van der Waals surface area contributed by atoms with E-state index in [0.717, 1.165) is 46.4 Å². The average Bonchev–Trinajstić information content (AvgIpc) is 3.43. The van der Waals surface area contributed by atoms with E-state index in [1.165, 1.54) is 19.3 Å². The number of ether oxygens (including phenoxy) is 1. The van der Waals surface area contributed by atoms with Crippen molar-refractivity contribution in [3.05, 3.63) is 102 Å². The molecule has 1 saturated carbocycles. The quantitative estimate of drug-likeness (QED) is 0.183. The second kappa shape index (κ2) is 14.6. The SMILES string of the molecule is CN(C)C(=O)c1ccc(-c2ccncc2)c(COc2ccc(-c3nc4cc(C(=O)O)ccc4n3C3CCCCC3)cc2)c1.Cl.Cl. The normalized spacial score (nSPS) is 13.0. The first-order valence-corrected chi connectivity index (χ1v) is 14.6. The summed E-state index contributed by atoms with van der Waals surface area (Å²) in [6.45, 7) is 0.282. The van der Waals surface area contributed by atoms with Crippen LogP contribution in [0.15, 0.2) is 85.2 Å². The number of aromatic nitrogens is 3. The Morgan fingerprint density at radius 2 is 1.56 bits per heavy atom. The zero-order valence-corrected chi connectivity index (χ0v) is 26.8. The van der Waals surface area contributed by atoms with Crippen LogP contribution in [0.5, 0.6) is 5.75 Å². The summed E-state index contributed by atoms with van der Waals surface area (Å²) in [6.07, 6.45) is 9.24. The Kier molecular flexibility index (Phi) is 10.9. The van der Waals surface area contributed by atoms with Crippen molar-refractivity contribution in [3.63, 3.8) is 0 Å². The van der Waals surface area contributed by atoms with Crippen LogP contribution < -0.4 is 4.74 Å². The van der Waals surface area contributed by atoms with Crippen molar-refractivity contribution in [2.45, 2.75) is 44.8 Å². The van der Waals surface area contributed by atoms with Crippen molar-refractivity contribution in [3.8, 4) is 28.3 Å². The number of halogens is 2. The molecule has 0 radical (unpaired) electrons. The summed E-state index contributed by atoms with van der Waals surface area (Å²) in [5, 5.41) is 9.53. The number of carboxylic acid groups (broad SMARTS) is 1. The van der Waals surface area contributed by atoms with Crippen LogP contribution in [0.3, 0.4) is 0 Å². The Morgan fingerprint density at radius 3 is 2.22 bits per heavy atom. The zero-order valence-electron chi connectivity index (χ0n) is 25.2. The predicted molar refractivity (Wildman–Crippen MR) is 181 cm³/mol. The maximum absolute atomic E-state index is 12.7. The molecule has 2 aromatic heterocycles. The van der Waals surface area contributed by atoms with Crippen LogP contribution in [0.25, 0.3) is 33.5 Å². The topological polar surface area (TPSA) is 97.6 Å². The molecule has 1 fully saturated rings. The molecule has 0 unspecified atom stereocenters. The summed E-state index contributed by atoms with van der Waals surface area (Å²) in [5.41, 5.74) is 6.32. The number of rotatable bonds is 8. The molecule has 8 nitrogen and oxygen atoms in total. The fourth-order valence-electron chi connectivity index (χ4n) is 5.92. The van der Waals surface area contributed by atoms with Gasteiger partial charge in [-0.3, -0.25) is 9.78 Å². The number of carbonyl (C=O) groups excluding carboxylic acids is 1. The minimum Gasteiger partial charge on any atom is -0.489 e. The zero-order chi connectivity index (χ0) is 29.9. The summed E-state index contributed by atoms with van der Waals surface area (Å²) >= 11 is 0. The Balaban J connectivity index is 0.00000230. The van der Waals surface area contributed by atoms with Crippen molar-refractivity contribution in [2.24, 2.45) is 0 Å². The molecule has 6 rings (SSSR count). The molecule has 0 saturated heterocycles. The number of carbonyl (C=O) groups is 2. The monoisotopic (exact) mass is 646 g/mol. The Labute approximate surface area is 274 Å². The minimum absolute atomic E-state index is 0. The Hall–Kier alpha value is -4.40. The molecular weight excluding hydrogens is 611 g/mol. The molecule has 3 aromatic carbocycles. The smallest absolute Gasteiger partial charge is 0.335 e. The Bertz CT molecular complexity index is 1780. The highest BCUT2D eigenvalue weighted by Crippen LogP contribution is 2.37. The van der Waals surface area contributed by atoms with Gasteiger partial charge in [-0.15, -0.1) is 24.8 Å². The lowest BCUT2D eigenvalue weighted by atomic mass is 9.95. The first-order valence-electron chi connectivity index (χ1n) is 14.6. The number of pyridine rings is 1. The van der Waals surface area contributed by atoms with Gasteiger partial charge in [0, 0.05) is 43.7 Å². The highest BCUT2D eigenvalue weighted by atomic mass is 35.5. The number of hydrogen-bond donors (Lipinski definition) is 1. The van der Waals surface area contributed by atoms with Gasteiger partial charge >= 0.3 is 5.97 Å². The molecule has 1 N–H and O–H groups in total. The number of nitrogens with zero attached hydrogens (tertiary/aromatic N) is 4. The lowest BCUT2D eigenvalue weighted by molar-refractivity contribution is 0.0696. The second-order valence-electron chi connectivity index (χ2n) is 11.2. The van der Waals surface area contributed by atoms with Crippen molar-refractivity contribution < 1.29 is 19.4 Å². The molecule has 0 bridgehead atoms. The fraction of sp³-hybridized carbons (Fsp3) is 0.257. The fourth-order valence-corrected chi connectivity index (χ4v) is 5.92. The van der Waals surface area contributed by atoms with Crippen LogP contribution in [-0.4, -0.2) is 50.5 Å². The molecule has 10 heteroatoms. The molecule has 0 aliphatic heterocycles. The summed E-state index contributed by atoms with van der Waals surface area (Å²) < 4.78 is 8.55. The molecule has 1 aliphatic rings. The van der Waals surface area contributed by atoms with Crippen LogP contribution in [-0.2, 0) is 6.61 Å². The molecule has 0 spiro atoms. The van der Waals surface area contributed by atoms with Crippen molar-refractivity contribution >= 4 is 47.7 Å². The predicted octanol–water partition coefficient (Wildman–Crippen LogP) is 8.09. The van der Waals surface area contributed by atoms with E-state index in [1.54, 1.807) is 43.5 Å². The molecular formula is C35H36Cl2N4O4. The van der Waals surface area contributed by atoms with E-state index >= 15 is 0 Å². The number of carboxylic acids is 1. The third kappa shape index (κ3) is 7.13. The minimum atomic E-state index is -0.958. The molecule has 45 heavy (non-hydrogen) atoms. The molecule has 234 valence electrons. The van der Waals surface area contributed by atoms with E-state index in [2.05, 4.69) is 9.55 Å². The van der Waals surface area contributed by atoms with E-state index in [0.29, 0.717) is 22.9 Å². The standard InChI is InChI=1S/C35H34N4O4.2ClH/c1-38(2)34(40)25-10-14-30(23-16-18-36-19-17-23)27(20-25)22-43-29-12-8-24(9-13-29)33-37-31-21-26(35(41)42)11-15-32(31)39(33)28-6-4-3-5-7-28;;/h8-21,28H,3-7,22H2,1-2H3,(H,41,42);2*1H. The van der Waals surface area contributed by atoms with E-state index in [9.17, 15) is 14.7 Å². The van der Waals surface area contributed by atoms with Gasteiger partial charge in [-0.25, -0.2) is 9.78 Å². The summed E-state index contributed by atoms with van der Waals surface area (Å²) in [5.74, 6) is 0.511. The van der Waals surface area contributed by atoms with E-state index in [4.69, 9.17) is 9.72 Å².